The molecule has 2 aromatic heterocycles. The summed E-state index contributed by atoms with van der Waals surface area (Å²) in [6, 6.07) is 0. The van der Waals surface area contributed by atoms with E-state index in [0.29, 0.717) is 6.73 Å². The summed E-state index contributed by atoms with van der Waals surface area (Å²) in [5.41, 5.74) is 1.87. The third kappa shape index (κ3) is 5.76. The van der Waals surface area contributed by atoms with Gasteiger partial charge < -0.3 is 4.74 Å². The van der Waals surface area contributed by atoms with Crippen LogP contribution < -0.4 is 0 Å². The molecule has 0 N–H and O–H groups in total. The number of aromatic nitrogens is 6. The van der Waals surface area contributed by atoms with Crippen LogP contribution in [0.15, 0.2) is 12.4 Å². The number of aryl methyl sites for hydroxylation is 3. The van der Waals surface area contributed by atoms with Crippen molar-refractivity contribution in [2.24, 2.45) is 7.05 Å². The van der Waals surface area contributed by atoms with Crippen molar-refractivity contribution in [1.29, 1.82) is 0 Å². The average molecular weight is 240 g/mol. The van der Waals surface area contributed by atoms with E-state index in [-0.39, 0.29) is 7.43 Å². The van der Waals surface area contributed by atoms with Gasteiger partial charge in [-0.2, -0.15) is 0 Å². The van der Waals surface area contributed by atoms with Crippen LogP contribution in [0.25, 0.3) is 0 Å². The Bertz CT molecular complexity index is 405. The van der Waals surface area contributed by atoms with Gasteiger partial charge in [0.15, 0.2) is 0 Å². The summed E-state index contributed by atoms with van der Waals surface area (Å²) in [5.74, 6) is 0. The maximum Gasteiger partial charge on any atom is 0.140 e. The predicted octanol–water partition coefficient (Wildman–Crippen LogP) is 0.950. The van der Waals surface area contributed by atoms with Gasteiger partial charge in [0.25, 0.3) is 0 Å². The van der Waals surface area contributed by atoms with E-state index in [1.54, 1.807) is 16.5 Å². The van der Waals surface area contributed by atoms with E-state index in [0.717, 1.165) is 11.4 Å². The van der Waals surface area contributed by atoms with Crippen LogP contribution in [0.3, 0.4) is 0 Å². The largest absolute Gasteiger partial charge is 0.362 e. The summed E-state index contributed by atoms with van der Waals surface area (Å²) < 4.78 is 8.11. The van der Waals surface area contributed by atoms with Gasteiger partial charge in [-0.05, 0) is 13.8 Å². The number of rotatable bonds is 2. The summed E-state index contributed by atoms with van der Waals surface area (Å²) in [6.07, 6.45) is 3.68. The molecule has 0 atom stereocenters. The zero-order valence-electron chi connectivity index (χ0n) is 9.95. The summed E-state index contributed by atoms with van der Waals surface area (Å²) in [5, 5.41) is 14.9. The van der Waals surface area contributed by atoms with Crippen molar-refractivity contribution in [2.75, 3.05) is 7.11 Å². The Balaban J connectivity index is 0.000000292. The van der Waals surface area contributed by atoms with Gasteiger partial charge in [-0.25, -0.2) is 4.68 Å². The molecule has 96 valence electrons. The molecule has 0 unspecified atom stereocenters. The molecular weight excluding hydrogens is 220 g/mol. The third-order valence-electron chi connectivity index (χ3n) is 1.63. The van der Waals surface area contributed by atoms with E-state index in [4.69, 9.17) is 4.74 Å². The Morgan fingerprint density at radius 2 is 1.71 bits per heavy atom. The lowest BCUT2D eigenvalue weighted by molar-refractivity contribution is 0.119. The molecule has 0 saturated carbocycles. The highest BCUT2D eigenvalue weighted by molar-refractivity contribution is 4.85. The molecule has 0 bridgehead atoms. The van der Waals surface area contributed by atoms with Gasteiger partial charge in [-0.15, -0.1) is 10.2 Å². The monoisotopic (exact) mass is 240 g/mol. The number of hydrogen-bond acceptors (Lipinski definition) is 5. The lowest BCUT2D eigenvalue weighted by Gasteiger charge is -1.93. The highest BCUT2D eigenvalue weighted by Crippen LogP contribution is 1.87. The average Bonchev–Trinajstić information content (AvgIpc) is 2.78. The smallest absolute Gasteiger partial charge is 0.140 e. The second-order valence-corrected chi connectivity index (χ2v) is 3.35. The van der Waals surface area contributed by atoms with Gasteiger partial charge >= 0.3 is 0 Å². The lowest BCUT2D eigenvalue weighted by Crippen LogP contribution is -1.99. The molecule has 2 aromatic rings. The Labute approximate surface area is 101 Å². The molecule has 17 heavy (non-hydrogen) atoms. The van der Waals surface area contributed by atoms with E-state index in [9.17, 15) is 0 Å². The summed E-state index contributed by atoms with van der Waals surface area (Å²) in [4.78, 5) is 0. The molecule has 7 heteroatoms. The molecule has 2 heterocycles. The van der Waals surface area contributed by atoms with E-state index in [1.807, 2.05) is 33.3 Å². The van der Waals surface area contributed by atoms with Crippen molar-refractivity contribution < 1.29 is 4.74 Å². The predicted molar refractivity (Wildman–Crippen MR) is 64.2 cm³/mol. The zero-order chi connectivity index (χ0) is 12.0. The van der Waals surface area contributed by atoms with Crippen LogP contribution in [-0.4, -0.2) is 37.1 Å². The van der Waals surface area contributed by atoms with Crippen LogP contribution in [0.1, 0.15) is 18.8 Å². The van der Waals surface area contributed by atoms with Crippen molar-refractivity contribution in [1.82, 2.24) is 30.0 Å². The Hall–Kier alpha value is -1.76. The summed E-state index contributed by atoms with van der Waals surface area (Å²) in [6.45, 7) is 4.27. The maximum absolute atomic E-state index is 4.80. The van der Waals surface area contributed by atoms with Crippen molar-refractivity contribution in [3.05, 3.63) is 23.8 Å². The number of nitrogens with zero attached hydrogens (tertiary/aromatic N) is 6. The summed E-state index contributed by atoms with van der Waals surface area (Å²) in [7, 11) is 3.47. The second kappa shape index (κ2) is 7.50. The maximum atomic E-state index is 4.80. The molecule has 0 aliphatic carbocycles. The quantitative estimate of drug-likeness (QED) is 0.781. The Morgan fingerprint density at radius 3 is 2.00 bits per heavy atom. The van der Waals surface area contributed by atoms with E-state index < -0.39 is 0 Å². The van der Waals surface area contributed by atoms with Gasteiger partial charge in [0.1, 0.15) is 6.73 Å². The molecule has 0 saturated heterocycles. The van der Waals surface area contributed by atoms with Gasteiger partial charge in [-0.3, -0.25) is 4.68 Å². The molecule has 0 aliphatic rings. The lowest BCUT2D eigenvalue weighted by atomic mass is 10.6. The topological polar surface area (TPSA) is 70.7 Å². The van der Waals surface area contributed by atoms with Crippen molar-refractivity contribution in [3.8, 4) is 0 Å². The molecule has 0 amide bonds. The van der Waals surface area contributed by atoms with E-state index in [2.05, 4.69) is 20.6 Å². The standard InChI is InChI=1S/C5H9N3O.C4H7N3.CH4/c1-5-3-8(4-9-2)7-6-5;1-4-3-7(2)6-5-4;/h3H,4H2,1-2H3;3H,1-2H3;1H4. The van der Waals surface area contributed by atoms with Crippen molar-refractivity contribution in [3.63, 3.8) is 0 Å². The van der Waals surface area contributed by atoms with E-state index in [1.165, 1.54) is 0 Å². The molecule has 2 rings (SSSR count). The molecule has 0 aromatic carbocycles. The van der Waals surface area contributed by atoms with Crippen LogP contribution in [0.4, 0.5) is 0 Å². The molecule has 0 spiro atoms. The Morgan fingerprint density at radius 1 is 1.12 bits per heavy atom. The molecule has 7 nitrogen and oxygen atoms in total. The first-order valence-corrected chi connectivity index (χ1v) is 4.80. The van der Waals surface area contributed by atoms with Crippen LogP contribution in [-0.2, 0) is 18.5 Å². The van der Waals surface area contributed by atoms with Crippen LogP contribution in [0, 0.1) is 13.8 Å². The number of methoxy groups -OCH3 is 1. The first-order valence-electron chi connectivity index (χ1n) is 4.80. The third-order valence-corrected chi connectivity index (χ3v) is 1.63. The van der Waals surface area contributed by atoms with Crippen molar-refractivity contribution in [2.45, 2.75) is 28.0 Å². The first kappa shape index (κ1) is 15.2. The number of hydrogen-bond donors (Lipinski definition) is 0. The fraction of sp³-hybridized carbons (Fsp3) is 0.600. The normalized spacial score (nSPS) is 9.18. The van der Waals surface area contributed by atoms with Crippen LogP contribution >= 0.6 is 0 Å². The second-order valence-electron chi connectivity index (χ2n) is 3.35. The SMILES string of the molecule is C.COCn1cc(C)nn1.Cc1cn(C)nn1. The van der Waals surface area contributed by atoms with Crippen LogP contribution in [0.5, 0.6) is 0 Å². The van der Waals surface area contributed by atoms with Crippen LogP contribution in [0.2, 0.25) is 0 Å². The van der Waals surface area contributed by atoms with Gasteiger partial charge in [0, 0.05) is 20.4 Å². The van der Waals surface area contributed by atoms with Gasteiger partial charge in [0.2, 0.25) is 0 Å². The minimum Gasteiger partial charge on any atom is -0.362 e. The first-order chi connectivity index (χ1) is 7.61. The van der Waals surface area contributed by atoms with Gasteiger partial charge in [-0.1, -0.05) is 17.9 Å². The minimum absolute atomic E-state index is 0. The summed E-state index contributed by atoms with van der Waals surface area (Å²) >= 11 is 0. The molecule has 0 radical (unpaired) electrons. The van der Waals surface area contributed by atoms with Crippen molar-refractivity contribution >= 4 is 0 Å². The highest BCUT2D eigenvalue weighted by Gasteiger charge is 1.90. The van der Waals surface area contributed by atoms with E-state index >= 15 is 0 Å². The Kier molecular flexibility index (Phi) is 6.73. The molecule has 0 aliphatic heterocycles. The zero-order valence-corrected chi connectivity index (χ0v) is 9.95. The fourth-order valence-electron chi connectivity index (χ4n) is 1.05. The molecular formula is C10H20N6O. The highest BCUT2D eigenvalue weighted by atomic mass is 16.5. The number of ether oxygens (including phenoxy) is 1. The minimum atomic E-state index is 0. The van der Waals surface area contributed by atoms with Gasteiger partial charge in [0.05, 0.1) is 17.6 Å². The molecule has 0 fully saturated rings. The fourth-order valence-corrected chi connectivity index (χ4v) is 1.05.